The molecule has 0 spiro atoms. The van der Waals surface area contributed by atoms with Crippen LogP contribution in [0.5, 0.6) is 0 Å². The Hall–Kier alpha value is -1.27. The van der Waals surface area contributed by atoms with Crippen molar-refractivity contribution >= 4 is 21.4 Å². The highest BCUT2D eigenvalue weighted by Crippen LogP contribution is 2.30. The summed E-state index contributed by atoms with van der Waals surface area (Å²) in [6.45, 7) is 3.07. The summed E-state index contributed by atoms with van der Waals surface area (Å²) in [5.41, 5.74) is 7.04. The molecule has 2 rings (SSSR count). The maximum atomic E-state index is 11.4. The number of benzene rings is 1. The summed E-state index contributed by atoms with van der Waals surface area (Å²) in [6, 6.07) is 5.28. The number of rotatable bonds is 3. The van der Waals surface area contributed by atoms with Gasteiger partial charge >= 0.3 is 0 Å². The van der Waals surface area contributed by atoms with Gasteiger partial charge in [0, 0.05) is 24.0 Å². The SMILES string of the molecule is CCC1CCCN1c1cc(N)cc(S(N)(=O)=O)c1. The van der Waals surface area contributed by atoms with E-state index < -0.39 is 10.0 Å². The highest BCUT2D eigenvalue weighted by atomic mass is 32.2. The van der Waals surface area contributed by atoms with E-state index in [0.717, 1.165) is 31.5 Å². The average Bonchev–Trinajstić information content (AvgIpc) is 2.74. The van der Waals surface area contributed by atoms with Gasteiger partial charge in [0.05, 0.1) is 4.90 Å². The molecule has 1 aliphatic heterocycles. The molecule has 1 aliphatic rings. The largest absolute Gasteiger partial charge is 0.399 e. The summed E-state index contributed by atoms with van der Waals surface area (Å²) in [4.78, 5) is 2.30. The molecule has 100 valence electrons. The first-order chi connectivity index (χ1) is 8.41. The van der Waals surface area contributed by atoms with Gasteiger partial charge in [-0.25, -0.2) is 13.6 Å². The zero-order valence-electron chi connectivity index (χ0n) is 10.5. The van der Waals surface area contributed by atoms with Crippen molar-refractivity contribution in [2.45, 2.75) is 37.1 Å². The van der Waals surface area contributed by atoms with E-state index in [1.165, 1.54) is 6.07 Å². The van der Waals surface area contributed by atoms with Crippen LogP contribution in [0.2, 0.25) is 0 Å². The van der Waals surface area contributed by atoms with Crippen LogP contribution in [0.25, 0.3) is 0 Å². The number of nitrogen functional groups attached to an aromatic ring is 1. The van der Waals surface area contributed by atoms with Gasteiger partial charge in [-0.3, -0.25) is 0 Å². The van der Waals surface area contributed by atoms with Gasteiger partial charge in [-0.05, 0) is 37.5 Å². The van der Waals surface area contributed by atoms with Gasteiger partial charge in [-0.15, -0.1) is 0 Å². The fourth-order valence-corrected chi connectivity index (χ4v) is 3.12. The predicted octanol–water partition coefficient (Wildman–Crippen LogP) is 1.30. The summed E-state index contributed by atoms with van der Waals surface area (Å²) in [5, 5.41) is 5.16. The zero-order valence-corrected chi connectivity index (χ0v) is 11.3. The number of hydrogen-bond donors (Lipinski definition) is 2. The Kier molecular flexibility index (Phi) is 3.49. The van der Waals surface area contributed by atoms with Gasteiger partial charge in [0.2, 0.25) is 10.0 Å². The monoisotopic (exact) mass is 269 g/mol. The predicted molar refractivity (Wildman–Crippen MR) is 72.9 cm³/mol. The average molecular weight is 269 g/mol. The van der Waals surface area contributed by atoms with E-state index in [0.29, 0.717) is 11.7 Å². The van der Waals surface area contributed by atoms with Crippen molar-refractivity contribution in [2.24, 2.45) is 5.14 Å². The van der Waals surface area contributed by atoms with Gasteiger partial charge in [-0.2, -0.15) is 0 Å². The Morgan fingerprint density at radius 1 is 1.39 bits per heavy atom. The maximum Gasteiger partial charge on any atom is 0.238 e. The molecule has 1 atom stereocenters. The van der Waals surface area contributed by atoms with Crippen LogP contribution in [0.1, 0.15) is 26.2 Å². The van der Waals surface area contributed by atoms with Crippen molar-refractivity contribution in [3.8, 4) is 0 Å². The fraction of sp³-hybridized carbons (Fsp3) is 0.500. The molecule has 1 aromatic rings. The molecule has 1 fully saturated rings. The first-order valence-corrected chi connectivity index (χ1v) is 7.66. The van der Waals surface area contributed by atoms with Crippen LogP contribution >= 0.6 is 0 Å². The molecule has 4 N–H and O–H groups in total. The lowest BCUT2D eigenvalue weighted by Crippen LogP contribution is -2.28. The van der Waals surface area contributed by atoms with Crippen molar-refractivity contribution in [3.63, 3.8) is 0 Å². The molecule has 1 heterocycles. The Morgan fingerprint density at radius 2 is 2.11 bits per heavy atom. The summed E-state index contributed by atoms with van der Waals surface area (Å²) in [6.07, 6.45) is 3.30. The summed E-state index contributed by atoms with van der Waals surface area (Å²) >= 11 is 0. The Morgan fingerprint density at radius 3 is 2.72 bits per heavy atom. The van der Waals surface area contributed by atoms with Crippen LogP contribution in [-0.4, -0.2) is 21.0 Å². The number of anilines is 2. The van der Waals surface area contributed by atoms with Gasteiger partial charge in [0.1, 0.15) is 0 Å². The van der Waals surface area contributed by atoms with Gasteiger partial charge in [0.25, 0.3) is 0 Å². The normalized spacial score (nSPS) is 20.3. The van der Waals surface area contributed by atoms with E-state index in [1.807, 2.05) is 6.07 Å². The summed E-state index contributed by atoms with van der Waals surface area (Å²) in [7, 11) is -3.71. The second kappa shape index (κ2) is 4.78. The number of nitrogens with two attached hydrogens (primary N) is 2. The highest BCUT2D eigenvalue weighted by Gasteiger charge is 2.24. The van der Waals surface area contributed by atoms with Crippen LogP contribution < -0.4 is 15.8 Å². The Bertz CT molecular complexity index is 542. The third kappa shape index (κ3) is 2.59. The van der Waals surface area contributed by atoms with Gasteiger partial charge < -0.3 is 10.6 Å². The molecule has 0 radical (unpaired) electrons. The Labute approximate surface area is 108 Å². The van der Waals surface area contributed by atoms with E-state index in [9.17, 15) is 8.42 Å². The number of hydrogen-bond acceptors (Lipinski definition) is 4. The summed E-state index contributed by atoms with van der Waals surface area (Å²) in [5.74, 6) is 0. The molecule has 0 amide bonds. The maximum absolute atomic E-state index is 11.4. The van der Waals surface area contributed by atoms with E-state index in [1.54, 1.807) is 6.07 Å². The molecule has 0 aliphatic carbocycles. The smallest absolute Gasteiger partial charge is 0.238 e. The van der Waals surface area contributed by atoms with E-state index in [2.05, 4.69) is 11.8 Å². The number of nitrogens with zero attached hydrogens (tertiary/aromatic N) is 1. The standard InChI is InChI=1S/C12H19N3O2S/c1-2-10-4-3-5-15(10)11-6-9(13)7-12(8-11)18(14,16)17/h6-8,10H,2-5,13H2,1H3,(H2,14,16,17). The first kappa shape index (κ1) is 13.2. The van der Waals surface area contributed by atoms with Crippen LogP contribution in [-0.2, 0) is 10.0 Å². The molecule has 6 heteroatoms. The lowest BCUT2D eigenvalue weighted by atomic mass is 10.1. The number of sulfonamides is 1. The molecule has 5 nitrogen and oxygen atoms in total. The minimum atomic E-state index is -3.71. The molecule has 0 saturated carbocycles. The van der Waals surface area contributed by atoms with Gasteiger partial charge in [0.15, 0.2) is 0 Å². The topological polar surface area (TPSA) is 89.4 Å². The van der Waals surface area contributed by atoms with E-state index >= 15 is 0 Å². The van der Waals surface area contributed by atoms with E-state index in [4.69, 9.17) is 10.9 Å². The van der Waals surface area contributed by atoms with Gasteiger partial charge in [-0.1, -0.05) is 6.92 Å². The second-order valence-corrected chi connectivity index (χ2v) is 6.26. The Balaban J connectivity index is 2.42. The van der Waals surface area contributed by atoms with Crippen molar-refractivity contribution in [1.82, 2.24) is 0 Å². The van der Waals surface area contributed by atoms with Crippen LogP contribution in [0, 0.1) is 0 Å². The van der Waals surface area contributed by atoms with Crippen molar-refractivity contribution in [1.29, 1.82) is 0 Å². The first-order valence-electron chi connectivity index (χ1n) is 6.12. The molecule has 0 bridgehead atoms. The third-order valence-electron chi connectivity index (χ3n) is 3.42. The highest BCUT2D eigenvalue weighted by molar-refractivity contribution is 7.89. The van der Waals surface area contributed by atoms with Crippen LogP contribution in [0.15, 0.2) is 23.1 Å². The second-order valence-electron chi connectivity index (χ2n) is 4.70. The fourth-order valence-electron chi connectivity index (χ4n) is 2.54. The number of primary sulfonamides is 1. The lowest BCUT2D eigenvalue weighted by molar-refractivity contribution is 0.597. The van der Waals surface area contributed by atoms with Crippen molar-refractivity contribution in [3.05, 3.63) is 18.2 Å². The van der Waals surface area contributed by atoms with E-state index in [-0.39, 0.29) is 4.90 Å². The minimum absolute atomic E-state index is 0.0826. The van der Waals surface area contributed by atoms with Crippen molar-refractivity contribution in [2.75, 3.05) is 17.2 Å². The minimum Gasteiger partial charge on any atom is -0.399 e. The zero-order chi connectivity index (χ0) is 13.3. The lowest BCUT2D eigenvalue weighted by Gasteiger charge is -2.26. The molecule has 1 aromatic carbocycles. The van der Waals surface area contributed by atoms with Crippen LogP contribution in [0.3, 0.4) is 0 Å². The molecular formula is C12H19N3O2S. The quantitative estimate of drug-likeness (QED) is 0.809. The molecule has 1 saturated heterocycles. The molecule has 18 heavy (non-hydrogen) atoms. The third-order valence-corrected chi connectivity index (χ3v) is 4.31. The molecule has 1 unspecified atom stereocenters. The van der Waals surface area contributed by atoms with Crippen molar-refractivity contribution < 1.29 is 8.42 Å². The molecular weight excluding hydrogens is 250 g/mol. The summed E-state index contributed by atoms with van der Waals surface area (Å²) < 4.78 is 22.8. The van der Waals surface area contributed by atoms with Crippen LogP contribution in [0.4, 0.5) is 11.4 Å². The molecule has 0 aromatic heterocycles.